The number of halogens is 3. The fourth-order valence-electron chi connectivity index (χ4n) is 4.65. The van der Waals surface area contributed by atoms with Crippen LogP contribution in [0, 0.1) is 5.82 Å². The first-order valence-electron chi connectivity index (χ1n) is 12.9. The van der Waals surface area contributed by atoms with Gasteiger partial charge < -0.3 is 10.2 Å². The Kier molecular flexibility index (Phi) is 11.0. The minimum absolute atomic E-state index is 0.0143. The molecule has 0 radical (unpaired) electrons. The number of hydrogen-bond acceptors (Lipinski definition) is 4. The molecule has 0 heterocycles. The summed E-state index contributed by atoms with van der Waals surface area (Å²) in [7, 11) is -1.68. The molecule has 0 bridgehead atoms. The van der Waals surface area contributed by atoms with Crippen LogP contribution < -0.4 is 9.62 Å². The van der Waals surface area contributed by atoms with Crippen LogP contribution in [0.25, 0.3) is 0 Å². The summed E-state index contributed by atoms with van der Waals surface area (Å²) in [6.45, 7) is 0.985. The monoisotopic (exact) mass is 600 g/mol. The molecule has 0 aromatic heterocycles. The van der Waals surface area contributed by atoms with Crippen LogP contribution in [0.2, 0.25) is 10.0 Å². The molecule has 3 rings (SSSR count). The van der Waals surface area contributed by atoms with Crippen molar-refractivity contribution in [3.8, 4) is 0 Å². The van der Waals surface area contributed by atoms with Crippen LogP contribution in [-0.2, 0) is 26.3 Å². The Labute approximate surface area is 240 Å². The van der Waals surface area contributed by atoms with Gasteiger partial charge >= 0.3 is 10.2 Å². The fourth-order valence-corrected chi connectivity index (χ4v) is 6.19. The first-order chi connectivity index (χ1) is 18.4. The van der Waals surface area contributed by atoms with Gasteiger partial charge in [0, 0.05) is 36.7 Å². The van der Waals surface area contributed by atoms with E-state index in [1.165, 1.54) is 43.3 Å². The molecule has 12 heteroatoms. The van der Waals surface area contributed by atoms with Crippen molar-refractivity contribution in [3.63, 3.8) is 0 Å². The first-order valence-corrected chi connectivity index (χ1v) is 15.1. The van der Waals surface area contributed by atoms with Gasteiger partial charge in [-0.25, -0.2) is 8.70 Å². The van der Waals surface area contributed by atoms with Gasteiger partial charge in [-0.05, 0) is 49.1 Å². The van der Waals surface area contributed by atoms with Crippen molar-refractivity contribution in [1.29, 1.82) is 0 Å². The highest BCUT2D eigenvalue weighted by Crippen LogP contribution is 2.27. The number of hydrogen-bond donors (Lipinski definition) is 1. The average Bonchev–Trinajstić information content (AvgIpc) is 2.89. The molecule has 2 aromatic rings. The highest BCUT2D eigenvalue weighted by Gasteiger charge is 2.35. The summed E-state index contributed by atoms with van der Waals surface area (Å²) in [6.07, 6.45) is 5.16. The van der Waals surface area contributed by atoms with Gasteiger partial charge in [0.1, 0.15) is 18.4 Å². The second kappa shape index (κ2) is 13.8. The lowest BCUT2D eigenvalue weighted by Crippen LogP contribution is -2.54. The van der Waals surface area contributed by atoms with Crippen molar-refractivity contribution in [2.75, 3.05) is 24.9 Å². The highest BCUT2D eigenvalue weighted by molar-refractivity contribution is 7.90. The molecule has 1 fully saturated rings. The summed E-state index contributed by atoms with van der Waals surface area (Å²) in [6, 6.07) is 9.24. The summed E-state index contributed by atoms with van der Waals surface area (Å²) in [4.78, 5) is 28.7. The minimum Gasteiger partial charge on any atom is -0.352 e. The predicted octanol–water partition coefficient (Wildman–Crippen LogP) is 5.00. The quantitative estimate of drug-likeness (QED) is 0.393. The maximum atomic E-state index is 14.8. The van der Waals surface area contributed by atoms with Crippen molar-refractivity contribution < 1.29 is 22.4 Å². The third-order valence-corrected chi connectivity index (χ3v) is 9.23. The molecule has 0 aliphatic heterocycles. The number of carbonyl (C=O) groups is 2. The van der Waals surface area contributed by atoms with Crippen LogP contribution in [-0.4, -0.2) is 62.2 Å². The van der Waals surface area contributed by atoms with E-state index in [4.69, 9.17) is 23.2 Å². The number of nitrogens with zero attached hydrogens (tertiary/aromatic N) is 3. The van der Waals surface area contributed by atoms with E-state index in [-0.39, 0.29) is 30.6 Å². The zero-order valence-electron chi connectivity index (χ0n) is 22.4. The summed E-state index contributed by atoms with van der Waals surface area (Å²) in [5.41, 5.74) is 0.259. The Morgan fingerprint density at radius 3 is 2.33 bits per heavy atom. The largest absolute Gasteiger partial charge is 0.352 e. The van der Waals surface area contributed by atoms with Crippen molar-refractivity contribution in [2.24, 2.45) is 0 Å². The normalized spacial score (nSPS) is 15.2. The van der Waals surface area contributed by atoms with Crippen molar-refractivity contribution >= 4 is 50.9 Å². The summed E-state index contributed by atoms with van der Waals surface area (Å²) in [5, 5.41) is 3.78. The molecule has 39 heavy (non-hydrogen) atoms. The van der Waals surface area contributed by atoms with E-state index in [1.54, 1.807) is 19.1 Å². The molecule has 214 valence electrons. The van der Waals surface area contributed by atoms with Gasteiger partial charge in [-0.2, -0.15) is 12.7 Å². The van der Waals surface area contributed by atoms with Gasteiger partial charge in [-0.15, -0.1) is 0 Å². The molecule has 0 saturated heterocycles. The Morgan fingerprint density at radius 2 is 1.74 bits per heavy atom. The highest BCUT2D eigenvalue weighted by atomic mass is 35.5. The lowest BCUT2D eigenvalue weighted by Gasteiger charge is -2.35. The van der Waals surface area contributed by atoms with E-state index in [2.05, 4.69) is 5.32 Å². The Balaban J connectivity index is 2.00. The third-order valence-electron chi connectivity index (χ3n) is 6.83. The van der Waals surface area contributed by atoms with Crippen LogP contribution in [0.15, 0.2) is 42.5 Å². The molecule has 1 atom stereocenters. The van der Waals surface area contributed by atoms with E-state index >= 15 is 0 Å². The Bertz CT molecular complexity index is 1270. The lowest BCUT2D eigenvalue weighted by atomic mass is 9.95. The molecular weight excluding hydrogens is 566 g/mol. The molecule has 0 spiro atoms. The molecule has 8 nitrogen and oxygen atoms in total. The molecule has 1 aliphatic carbocycles. The van der Waals surface area contributed by atoms with Gasteiger partial charge in [-0.3, -0.25) is 9.59 Å². The van der Waals surface area contributed by atoms with Crippen LogP contribution in [0.4, 0.5) is 10.1 Å². The number of benzene rings is 2. The van der Waals surface area contributed by atoms with E-state index < -0.39 is 34.5 Å². The number of amides is 2. The number of anilines is 1. The SMILES string of the molecule is CC[C@@H](C(=O)NC1CCCCC1)N(Cc1ccc(Cl)cc1Cl)C(=O)CN(c1ccccc1F)S(=O)(=O)N(C)C. The summed E-state index contributed by atoms with van der Waals surface area (Å²) >= 11 is 12.5. The van der Waals surface area contributed by atoms with Crippen molar-refractivity contribution in [2.45, 2.75) is 64.1 Å². The molecule has 1 aliphatic rings. The van der Waals surface area contributed by atoms with Gasteiger partial charge in [0.05, 0.1) is 5.69 Å². The second-order valence-corrected chi connectivity index (χ2v) is 12.7. The molecule has 1 saturated carbocycles. The number of nitrogens with one attached hydrogen (secondary N) is 1. The van der Waals surface area contributed by atoms with Crippen molar-refractivity contribution in [1.82, 2.24) is 14.5 Å². The van der Waals surface area contributed by atoms with E-state index in [0.717, 1.165) is 42.5 Å². The topological polar surface area (TPSA) is 90.0 Å². The summed E-state index contributed by atoms with van der Waals surface area (Å²) < 4.78 is 42.9. The average molecular weight is 602 g/mol. The van der Waals surface area contributed by atoms with Crippen LogP contribution >= 0.6 is 23.2 Å². The number of para-hydroxylation sites is 1. The predicted molar refractivity (Wildman–Crippen MR) is 152 cm³/mol. The smallest absolute Gasteiger partial charge is 0.304 e. The van der Waals surface area contributed by atoms with E-state index in [1.807, 2.05) is 0 Å². The van der Waals surface area contributed by atoms with E-state index in [9.17, 15) is 22.4 Å². The maximum Gasteiger partial charge on any atom is 0.304 e. The molecular formula is C27H35Cl2FN4O4S. The Hall–Kier alpha value is -2.40. The Morgan fingerprint density at radius 1 is 1.08 bits per heavy atom. The van der Waals surface area contributed by atoms with Gasteiger partial charge in [0.25, 0.3) is 0 Å². The van der Waals surface area contributed by atoms with Gasteiger partial charge in [0.2, 0.25) is 11.8 Å². The standard InChI is InChI=1S/C27H35Cl2FN4O4S/c1-4-24(27(36)31-21-10-6-5-7-11-21)33(17-19-14-15-20(28)16-22(19)29)26(35)18-34(39(37,38)32(2)3)25-13-9-8-12-23(25)30/h8-9,12-16,21,24H,4-7,10-11,17-18H2,1-3H3,(H,31,36)/t24-/m0/s1. The second-order valence-electron chi connectivity index (χ2n) is 9.77. The number of rotatable bonds is 11. The lowest BCUT2D eigenvalue weighted by molar-refractivity contribution is -0.140. The van der Waals surface area contributed by atoms with Gasteiger partial charge in [0.15, 0.2) is 0 Å². The molecule has 2 amide bonds. The fraction of sp³-hybridized carbons (Fsp3) is 0.481. The maximum absolute atomic E-state index is 14.8. The van der Waals surface area contributed by atoms with Crippen LogP contribution in [0.1, 0.15) is 51.0 Å². The molecule has 0 unspecified atom stereocenters. The molecule has 2 aromatic carbocycles. The zero-order chi connectivity index (χ0) is 28.7. The van der Waals surface area contributed by atoms with Crippen molar-refractivity contribution in [3.05, 3.63) is 63.9 Å². The van der Waals surface area contributed by atoms with Crippen LogP contribution in [0.5, 0.6) is 0 Å². The van der Waals surface area contributed by atoms with E-state index in [0.29, 0.717) is 19.9 Å². The first kappa shape index (κ1) is 31.1. The zero-order valence-corrected chi connectivity index (χ0v) is 24.7. The minimum atomic E-state index is -4.27. The summed E-state index contributed by atoms with van der Waals surface area (Å²) in [5.74, 6) is -1.80. The van der Waals surface area contributed by atoms with Crippen LogP contribution in [0.3, 0.4) is 0 Å². The van der Waals surface area contributed by atoms with Gasteiger partial charge in [-0.1, -0.05) is 67.6 Å². The number of carbonyl (C=O) groups excluding carboxylic acids is 2. The third kappa shape index (κ3) is 7.84. The molecule has 1 N–H and O–H groups in total.